The van der Waals surface area contributed by atoms with E-state index in [2.05, 4.69) is 74.1 Å². The van der Waals surface area contributed by atoms with Crippen LogP contribution in [0.3, 0.4) is 0 Å². The summed E-state index contributed by atoms with van der Waals surface area (Å²) in [6, 6.07) is 12.9. The van der Waals surface area contributed by atoms with E-state index < -0.39 is 83.6 Å². The van der Waals surface area contributed by atoms with Crippen LogP contribution in [0.25, 0.3) is 32.7 Å². The Hall–Kier alpha value is -10.2. The van der Waals surface area contributed by atoms with Crippen molar-refractivity contribution in [2.45, 2.75) is 152 Å². The van der Waals surface area contributed by atoms with Crippen LogP contribution in [0.15, 0.2) is 106 Å². The molecule has 3 aromatic carbocycles. The van der Waals surface area contributed by atoms with Gasteiger partial charge in [-0.15, -0.1) is 0 Å². The zero-order valence-electron chi connectivity index (χ0n) is 52.1. The lowest BCUT2D eigenvalue weighted by Crippen LogP contribution is -2.60. The maximum absolute atomic E-state index is 15.1. The van der Waals surface area contributed by atoms with Crippen molar-refractivity contribution in [3.63, 3.8) is 0 Å². The summed E-state index contributed by atoms with van der Waals surface area (Å²) in [4.78, 5) is 135. The number of nitrogens with one attached hydrogen (secondary N) is 10. The van der Waals surface area contributed by atoms with E-state index in [4.69, 9.17) is 45.9 Å². The van der Waals surface area contributed by atoms with Crippen LogP contribution in [-0.2, 0) is 57.6 Å². The summed E-state index contributed by atoms with van der Waals surface area (Å²) in [5, 5.41) is 22.0. The summed E-state index contributed by atoms with van der Waals surface area (Å²) in [5.41, 5.74) is 50.3. The van der Waals surface area contributed by atoms with Crippen LogP contribution in [0.5, 0.6) is 0 Å². The molecule has 26 N–H and O–H groups in total. The van der Waals surface area contributed by atoms with E-state index in [1.165, 1.54) is 0 Å². The molecule has 0 radical (unpaired) electrons. The molecule has 7 atom stereocenters. The number of H-pyrrole nitrogens is 3. The fraction of sp³-hybridized carbons (Fsp3) is 0.444. The van der Waals surface area contributed by atoms with Crippen molar-refractivity contribution in [2.24, 2.45) is 60.8 Å². The van der Waals surface area contributed by atoms with E-state index in [1.807, 2.05) is 72.8 Å². The fourth-order valence-electron chi connectivity index (χ4n) is 10.6. The third-order valence-corrected chi connectivity index (χ3v) is 15.6. The standard InChI is InChI=1S/C63H91N21O8/c1-2-3-4-26-53(85)72-27-12-11-19-43(64)55(87)79-47(23-13-28-73-61(66)67)57(89)83-51(32-38-35-77-45-21-9-6-17-41(38)45)60(92)81-49(25-15-30-75-63(70)71)58(90)84-52(33-39-36-78-46-22-10-7-18-42(39)46)59(91)80-48(24-14-29-74-62(68)69)56(88)82-50(54(65)86)31-37-34-76-44-20-8-5-16-40(37)44/h5-10,16-18,20-22,34-36,43,47-52,76-78H,2-4,11-15,19,23-33,64H2,1H3,(H2,65,86)(H,72,85)(H,79,87)(H,80,91)(H,81,92)(H,82,88)(H,83,89)(H,84,90)(H4,66,67,73)(H4,68,69,74)(H4,70,71,75)/t43-,47-,48-,49-,50-,51-,52-/m0/s1. The van der Waals surface area contributed by atoms with Crippen molar-refractivity contribution in [3.8, 4) is 0 Å². The number of para-hydroxylation sites is 3. The SMILES string of the molecule is CCCCCC(=O)NCCCC[C@H](N)C(=O)N[C@@H](CCCN=C(N)N)C(=O)N[C@@H](Cc1c[nH]c2ccccc12)C(=O)N[C@@H](CCCN=C(N)N)C(=O)N[C@@H](Cc1c[nH]c2ccccc12)C(=O)N[C@@H](CCCN=C(N)N)C(=O)N[C@@H](Cc1c[nH]c2ccccc12)C(N)=O. The first-order chi connectivity index (χ1) is 44.2. The Morgan fingerprint density at radius 2 is 0.761 bits per heavy atom. The van der Waals surface area contributed by atoms with Crippen LogP contribution in [0.2, 0.25) is 0 Å². The molecule has 6 aromatic rings. The third kappa shape index (κ3) is 22.7. The van der Waals surface area contributed by atoms with Gasteiger partial charge in [0.15, 0.2) is 17.9 Å². The highest BCUT2D eigenvalue weighted by atomic mass is 16.2. The van der Waals surface area contributed by atoms with Crippen LogP contribution < -0.4 is 83.1 Å². The second-order valence-corrected chi connectivity index (χ2v) is 22.7. The lowest BCUT2D eigenvalue weighted by Gasteiger charge is -2.28. The Morgan fingerprint density at radius 3 is 1.14 bits per heavy atom. The summed E-state index contributed by atoms with van der Waals surface area (Å²) < 4.78 is 0. The smallest absolute Gasteiger partial charge is 0.243 e. The molecule has 0 fully saturated rings. The minimum absolute atomic E-state index is 0.0117. The van der Waals surface area contributed by atoms with Gasteiger partial charge in [-0.3, -0.25) is 53.3 Å². The van der Waals surface area contributed by atoms with Crippen molar-refractivity contribution >= 4 is 97.8 Å². The second-order valence-electron chi connectivity index (χ2n) is 22.7. The molecule has 29 nitrogen and oxygen atoms in total. The monoisotopic (exact) mass is 1270 g/mol. The lowest BCUT2D eigenvalue weighted by molar-refractivity contribution is -0.135. The largest absolute Gasteiger partial charge is 0.370 e. The van der Waals surface area contributed by atoms with Crippen molar-refractivity contribution < 1.29 is 38.4 Å². The molecule has 92 heavy (non-hydrogen) atoms. The van der Waals surface area contributed by atoms with Crippen molar-refractivity contribution in [1.29, 1.82) is 0 Å². The second kappa shape index (κ2) is 36.5. The summed E-state index contributed by atoms with van der Waals surface area (Å²) in [6.07, 6.45) is 9.75. The topological polar surface area (TPSA) is 513 Å². The predicted octanol–water partition coefficient (Wildman–Crippen LogP) is -0.0926. The Kier molecular flexibility index (Phi) is 28.1. The maximum Gasteiger partial charge on any atom is 0.243 e. The number of carbonyl (C=O) groups excluding carboxylic acids is 8. The molecule has 29 heteroatoms. The van der Waals surface area contributed by atoms with Crippen LogP contribution in [0, 0.1) is 0 Å². The number of amides is 8. The molecule has 0 bridgehead atoms. The number of rotatable bonds is 40. The summed E-state index contributed by atoms with van der Waals surface area (Å²) in [5.74, 6) is -6.10. The van der Waals surface area contributed by atoms with E-state index in [1.54, 1.807) is 18.6 Å². The Labute approximate surface area is 533 Å². The zero-order chi connectivity index (χ0) is 66.5. The quantitative estimate of drug-likeness (QED) is 0.0136. The number of aliphatic imine (C=N–C) groups is 3. The molecule has 0 saturated carbocycles. The number of nitrogens with two attached hydrogens (primary N) is 8. The molecule has 496 valence electrons. The molecule has 0 aliphatic rings. The molecule has 3 aromatic heterocycles. The fourth-order valence-corrected chi connectivity index (χ4v) is 10.6. The van der Waals surface area contributed by atoms with Gasteiger partial charge in [0.2, 0.25) is 47.3 Å². The number of fused-ring (bicyclic) bond motifs is 3. The van der Waals surface area contributed by atoms with E-state index in [-0.39, 0.29) is 108 Å². The minimum atomic E-state index is -1.44. The highest BCUT2D eigenvalue weighted by molar-refractivity contribution is 5.98. The van der Waals surface area contributed by atoms with Gasteiger partial charge in [0.25, 0.3) is 0 Å². The molecule has 0 aliphatic carbocycles. The number of nitrogens with zero attached hydrogens (tertiary/aromatic N) is 3. The molecule has 0 spiro atoms. The number of aromatic nitrogens is 3. The van der Waals surface area contributed by atoms with Gasteiger partial charge in [-0.1, -0.05) is 74.4 Å². The number of primary amides is 1. The van der Waals surface area contributed by atoms with Gasteiger partial charge >= 0.3 is 0 Å². The van der Waals surface area contributed by atoms with Gasteiger partial charge in [-0.2, -0.15) is 0 Å². The van der Waals surface area contributed by atoms with Gasteiger partial charge in [0.1, 0.15) is 36.3 Å². The summed E-state index contributed by atoms with van der Waals surface area (Å²) >= 11 is 0. The molecule has 8 amide bonds. The molecule has 0 saturated heterocycles. The van der Waals surface area contributed by atoms with Gasteiger partial charge in [0, 0.05) is 103 Å². The van der Waals surface area contributed by atoms with Gasteiger partial charge < -0.3 is 98.0 Å². The number of hydrogen-bond donors (Lipinski definition) is 18. The molecule has 6 rings (SSSR count). The number of unbranched alkanes of at least 4 members (excludes halogenated alkanes) is 3. The van der Waals surface area contributed by atoms with Crippen molar-refractivity contribution in [1.82, 2.24) is 52.2 Å². The predicted molar refractivity (Wildman–Crippen MR) is 355 cm³/mol. The van der Waals surface area contributed by atoms with Crippen LogP contribution in [-0.4, -0.2) is 149 Å². The number of guanidine groups is 3. The first-order valence-electron chi connectivity index (χ1n) is 31.2. The van der Waals surface area contributed by atoms with Crippen LogP contribution >= 0.6 is 0 Å². The van der Waals surface area contributed by atoms with Gasteiger partial charge in [-0.25, -0.2) is 0 Å². The zero-order valence-corrected chi connectivity index (χ0v) is 52.1. The molecule has 0 unspecified atom stereocenters. The highest BCUT2D eigenvalue weighted by Gasteiger charge is 2.35. The summed E-state index contributed by atoms with van der Waals surface area (Å²) in [6.45, 7) is 2.67. The van der Waals surface area contributed by atoms with E-state index in [0.717, 1.165) is 52.0 Å². The van der Waals surface area contributed by atoms with Crippen LogP contribution in [0.4, 0.5) is 0 Å². The molecular weight excluding hydrogens is 1180 g/mol. The number of carbonyl (C=O) groups is 8. The van der Waals surface area contributed by atoms with Crippen molar-refractivity contribution in [2.75, 3.05) is 26.2 Å². The minimum Gasteiger partial charge on any atom is -0.370 e. The Balaban J connectivity index is 1.28. The lowest BCUT2D eigenvalue weighted by atomic mass is 10.0. The Bertz CT molecular complexity index is 3530. The third-order valence-electron chi connectivity index (χ3n) is 15.6. The first-order valence-corrected chi connectivity index (χ1v) is 31.2. The number of aromatic amines is 3. The Morgan fingerprint density at radius 1 is 0.413 bits per heavy atom. The van der Waals surface area contributed by atoms with Gasteiger partial charge in [-0.05, 0) is 99.1 Å². The highest BCUT2D eigenvalue weighted by Crippen LogP contribution is 2.23. The molecule has 0 aliphatic heterocycles. The summed E-state index contributed by atoms with van der Waals surface area (Å²) in [7, 11) is 0. The van der Waals surface area contributed by atoms with E-state index in [9.17, 15) is 24.0 Å². The number of benzene rings is 3. The molecular formula is C63H91N21O8. The number of hydrogen-bond acceptors (Lipinski definition) is 12. The van der Waals surface area contributed by atoms with Crippen LogP contribution in [0.1, 0.15) is 107 Å². The van der Waals surface area contributed by atoms with E-state index in [0.29, 0.717) is 42.5 Å². The average Bonchev–Trinajstić information content (AvgIpc) is 1.68. The molecule has 3 heterocycles. The average molecular weight is 1270 g/mol. The normalized spacial score (nSPS) is 13.5. The van der Waals surface area contributed by atoms with Crippen molar-refractivity contribution in [3.05, 3.63) is 108 Å². The van der Waals surface area contributed by atoms with E-state index >= 15 is 14.4 Å². The maximum atomic E-state index is 15.1. The first kappa shape index (κ1) is 70.9. The van der Waals surface area contributed by atoms with Gasteiger partial charge in [0.05, 0.1) is 6.04 Å².